The molecule has 4 bridgehead atoms. The van der Waals surface area contributed by atoms with Gasteiger partial charge in [-0.25, -0.2) is 0 Å². The Morgan fingerprint density at radius 3 is 2.19 bits per heavy atom. The summed E-state index contributed by atoms with van der Waals surface area (Å²) in [7, 11) is 3.06. The van der Waals surface area contributed by atoms with E-state index in [4.69, 9.17) is 14.2 Å². The summed E-state index contributed by atoms with van der Waals surface area (Å²) in [5.41, 5.74) is 0.535. The van der Waals surface area contributed by atoms with Gasteiger partial charge in [0.25, 0.3) is 0 Å². The smallest absolute Gasteiger partial charge is 0.306 e. The van der Waals surface area contributed by atoms with Gasteiger partial charge in [-0.2, -0.15) is 0 Å². The van der Waals surface area contributed by atoms with Crippen molar-refractivity contribution in [3.05, 3.63) is 23.8 Å². The Hall–Kier alpha value is -2.04. The van der Waals surface area contributed by atoms with Crippen LogP contribution in [0.2, 0.25) is 0 Å². The number of hydrogen-bond donors (Lipinski definition) is 0. The van der Waals surface area contributed by atoms with Crippen LogP contribution in [-0.4, -0.2) is 32.6 Å². The zero-order valence-electron chi connectivity index (χ0n) is 16.2. The second-order valence-corrected chi connectivity index (χ2v) is 8.74. The molecule has 0 saturated heterocycles. The molecule has 0 N–H and O–H groups in total. The predicted molar refractivity (Wildman–Crippen MR) is 100 cm³/mol. The van der Waals surface area contributed by atoms with Crippen LogP contribution in [0.4, 0.5) is 0 Å². The van der Waals surface area contributed by atoms with Crippen LogP contribution in [0.5, 0.6) is 11.5 Å². The molecule has 5 nitrogen and oxygen atoms in total. The normalized spacial score (nSPS) is 30.8. The molecule has 4 aliphatic rings. The number of rotatable bonds is 7. The summed E-state index contributed by atoms with van der Waals surface area (Å²) in [6.45, 7) is -0.242. The van der Waals surface area contributed by atoms with Gasteiger partial charge in [0, 0.05) is 6.07 Å². The van der Waals surface area contributed by atoms with Gasteiger partial charge in [-0.05, 0) is 73.8 Å². The maximum atomic E-state index is 12.5. The summed E-state index contributed by atoms with van der Waals surface area (Å²) in [6, 6.07) is 5.00. The highest BCUT2D eigenvalue weighted by Crippen LogP contribution is 2.61. The Kier molecular flexibility index (Phi) is 4.87. The molecule has 4 saturated carbocycles. The lowest BCUT2D eigenvalue weighted by Crippen LogP contribution is -2.47. The largest absolute Gasteiger partial charge is 0.497 e. The average Bonchev–Trinajstić information content (AvgIpc) is 2.64. The van der Waals surface area contributed by atoms with Gasteiger partial charge >= 0.3 is 5.97 Å². The number of ketones is 1. The second kappa shape index (κ2) is 7.17. The number of esters is 1. The van der Waals surface area contributed by atoms with Gasteiger partial charge < -0.3 is 14.2 Å². The molecule has 0 heterocycles. The lowest BCUT2D eigenvalue weighted by Gasteiger charge is -2.56. The van der Waals surface area contributed by atoms with Crippen LogP contribution in [0.1, 0.15) is 55.3 Å². The Bertz CT molecular complexity index is 703. The standard InChI is InChI=1S/C22H28O5/c1-25-17-3-4-18(20(8-17)26-2)19(23)13-27-21(24)12-22-9-14-5-15(10-22)7-16(6-14)11-22/h3-4,8,14-16H,5-7,9-13H2,1-2H3. The Morgan fingerprint density at radius 2 is 1.63 bits per heavy atom. The van der Waals surface area contributed by atoms with Crippen molar-refractivity contribution >= 4 is 11.8 Å². The minimum Gasteiger partial charge on any atom is -0.497 e. The Morgan fingerprint density at radius 1 is 1.00 bits per heavy atom. The van der Waals surface area contributed by atoms with E-state index in [9.17, 15) is 9.59 Å². The molecule has 0 atom stereocenters. The van der Waals surface area contributed by atoms with Gasteiger partial charge in [0.2, 0.25) is 5.78 Å². The van der Waals surface area contributed by atoms with E-state index in [2.05, 4.69) is 0 Å². The van der Waals surface area contributed by atoms with Crippen LogP contribution in [0.3, 0.4) is 0 Å². The highest BCUT2D eigenvalue weighted by molar-refractivity contribution is 6.00. The number of carbonyl (C=O) groups is 2. The van der Waals surface area contributed by atoms with Gasteiger partial charge in [-0.1, -0.05) is 0 Å². The zero-order valence-corrected chi connectivity index (χ0v) is 16.2. The van der Waals surface area contributed by atoms with Crippen LogP contribution in [0, 0.1) is 23.2 Å². The maximum absolute atomic E-state index is 12.5. The minimum absolute atomic E-state index is 0.132. The SMILES string of the molecule is COc1ccc(C(=O)COC(=O)CC23CC4CC(CC(C4)C2)C3)c(OC)c1. The summed E-state index contributed by atoms with van der Waals surface area (Å²) < 4.78 is 15.8. The molecule has 5 rings (SSSR count). The maximum Gasteiger partial charge on any atom is 0.306 e. The van der Waals surface area contributed by atoms with Gasteiger partial charge in [-0.3, -0.25) is 9.59 Å². The molecule has 0 aromatic heterocycles. The molecule has 0 aliphatic heterocycles. The summed E-state index contributed by atoms with van der Waals surface area (Å²) in [6.07, 6.45) is 8.00. The molecule has 0 spiro atoms. The van der Waals surface area contributed by atoms with E-state index in [-0.39, 0.29) is 23.8 Å². The zero-order chi connectivity index (χ0) is 19.0. The fraction of sp³-hybridized carbons (Fsp3) is 0.636. The third-order valence-electron chi connectivity index (χ3n) is 6.76. The fourth-order valence-corrected chi connectivity index (χ4v) is 6.12. The van der Waals surface area contributed by atoms with Gasteiger partial charge in [0.15, 0.2) is 6.61 Å². The number of benzene rings is 1. The van der Waals surface area contributed by atoms with E-state index >= 15 is 0 Å². The molecule has 4 fully saturated rings. The summed E-state index contributed by atoms with van der Waals surface area (Å²) in [5.74, 6) is 2.95. The fourth-order valence-electron chi connectivity index (χ4n) is 6.12. The molecule has 0 radical (unpaired) electrons. The van der Waals surface area contributed by atoms with Crippen LogP contribution < -0.4 is 9.47 Å². The van der Waals surface area contributed by atoms with Gasteiger partial charge in [-0.15, -0.1) is 0 Å². The lowest BCUT2D eigenvalue weighted by molar-refractivity contribution is -0.150. The third kappa shape index (κ3) is 3.69. The number of Topliss-reactive ketones (excluding diaryl/α,β-unsaturated/α-hetero) is 1. The summed E-state index contributed by atoms with van der Waals surface area (Å²) in [5, 5.41) is 0. The van der Waals surface area contributed by atoms with E-state index in [1.807, 2.05) is 0 Å². The van der Waals surface area contributed by atoms with Crippen molar-refractivity contribution < 1.29 is 23.8 Å². The Balaban J connectivity index is 1.35. The number of hydrogen-bond acceptors (Lipinski definition) is 5. The van der Waals surface area contributed by atoms with E-state index in [0.717, 1.165) is 37.0 Å². The van der Waals surface area contributed by atoms with Crippen molar-refractivity contribution in [3.8, 4) is 11.5 Å². The van der Waals surface area contributed by atoms with Crippen LogP contribution in [0.25, 0.3) is 0 Å². The molecule has 146 valence electrons. The molecule has 0 amide bonds. The van der Waals surface area contributed by atoms with E-state index in [1.54, 1.807) is 25.3 Å². The lowest BCUT2D eigenvalue weighted by atomic mass is 9.49. The molecule has 0 unspecified atom stereocenters. The third-order valence-corrected chi connectivity index (χ3v) is 6.76. The van der Waals surface area contributed by atoms with Crippen molar-refractivity contribution in [2.45, 2.75) is 44.9 Å². The molecule has 4 aliphatic carbocycles. The highest BCUT2D eigenvalue weighted by atomic mass is 16.5. The molecular formula is C22H28O5. The quantitative estimate of drug-likeness (QED) is 0.534. The first-order chi connectivity index (χ1) is 13.0. The first-order valence-electron chi connectivity index (χ1n) is 9.91. The van der Waals surface area contributed by atoms with Gasteiger partial charge in [0.1, 0.15) is 11.5 Å². The number of ether oxygens (including phenoxy) is 3. The van der Waals surface area contributed by atoms with Crippen molar-refractivity contribution in [1.29, 1.82) is 0 Å². The minimum atomic E-state index is -0.256. The monoisotopic (exact) mass is 372 g/mol. The highest BCUT2D eigenvalue weighted by Gasteiger charge is 2.51. The molecule has 1 aromatic rings. The average molecular weight is 372 g/mol. The van der Waals surface area contributed by atoms with E-state index < -0.39 is 0 Å². The van der Waals surface area contributed by atoms with Crippen LogP contribution in [0.15, 0.2) is 18.2 Å². The second-order valence-electron chi connectivity index (χ2n) is 8.74. The summed E-state index contributed by atoms with van der Waals surface area (Å²) in [4.78, 5) is 25.0. The molecule has 5 heteroatoms. The van der Waals surface area contributed by atoms with Gasteiger partial charge in [0.05, 0.1) is 26.2 Å². The predicted octanol–water partition coefficient (Wildman–Crippen LogP) is 4.04. The molecule has 27 heavy (non-hydrogen) atoms. The van der Waals surface area contributed by atoms with Crippen molar-refractivity contribution in [2.75, 3.05) is 20.8 Å². The topological polar surface area (TPSA) is 61.8 Å². The van der Waals surface area contributed by atoms with Crippen LogP contribution in [-0.2, 0) is 9.53 Å². The van der Waals surface area contributed by atoms with E-state index in [1.165, 1.54) is 26.4 Å². The first-order valence-corrected chi connectivity index (χ1v) is 9.91. The van der Waals surface area contributed by atoms with Crippen molar-refractivity contribution in [3.63, 3.8) is 0 Å². The number of carbonyl (C=O) groups excluding carboxylic acids is 2. The van der Waals surface area contributed by atoms with Crippen molar-refractivity contribution in [2.24, 2.45) is 23.2 Å². The Labute approximate surface area is 160 Å². The van der Waals surface area contributed by atoms with Crippen LogP contribution >= 0.6 is 0 Å². The van der Waals surface area contributed by atoms with E-state index in [0.29, 0.717) is 23.5 Å². The molecular weight excluding hydrogens is 344 g/mol. The number of methoxy groups -OCH3 is 2. The molecule has 1 aromatic carbocycles. The first kappa shape index (κ1) is 18.3. The summed E-state index contributed by atoms with van der Waals surface area (Å²) >= 11 is 0. The van der Waals surface area contributed by atoms with Crippen molar-refractivity contribution in [1.82, 2.24) is 0 Å².